The largest absolute Gasteiger partial charge is 0.383 e. The Morgan fingerprint density at radius 2 is 2.13 bits per heavy atom. The first-order valence-corrected chi connectivity index (χ1v) is 10.9. The van der Waals surface area contributed by atoms with E-state index in [2.05, 4.69) is 20.5 Å². The molecule has 0 radical (unpaired) electrons. The van der Waals surface area contributed by atoms with E-state index in [1.807, 2.05) is 24.1 Å². The average molecular weight is 420 g/mol. The van der Waals surface area contributed by atoms with Crippen molar-refractivity contribution < 1.29 is 19.1 Å². The zero-order chi connectivity index (χ0) is 21.1. The van der Waals surface area contributed by atoms with Gasteiger partial charge in [-0.1, -0.05) is 0 Å². The van der Waals surface area contributed by atoms with Crippen LogP contribution in [-0.2, 0) is 32.7 Å². The minimum atomic E-state index is -0.159. The first-order chi connectivity index (χ1) is 14.5. The minimum Gasteiger partial charge on any atom is -0.383 e. The number of nitrogens with one attached hydrogen (secondary N) is 2. The molecule has 1 aromatic rings. The highest BCUT2D eigenvalue weighted by Crippen LogP contribution is 2.42. The molecule has 4 rings (SSSR count). The van der Waals surface area contributed by atoms with Crippen molar-refractivity contribution in [2.75, 3.05) is 33.4 Å². The molecule has 0 aromatic carbocycles. The summed E-state index contributed by atoms with van der Waals surface area (Å²) >= 11 is 0. The van der Waals surface area contributed by atoms with Crippen LogP contribution in [0.3, 0.4) is 0 Å². The highest BCUT2D eigenvalue weighted by molar-refractivity contribution is 5.77. The summed E-state index contributed by atoms with van der Waals surface area (Å²) in [5.74, 6) is 0.459. The molecular formula is C21H33N5O4. The lowest BCUT2D eigenvalue weighted by atomic mass is 9.84. The molecule has 1 saturated carbocycles. The summed E-state index contributed by atoms with van der Waals surface area (Å²) in [4.78, 5) is 31.5. The quantitative estimate of drug-likeness (QED) is 0.521. The van der Waals surface area contributed by atoms with E-state index >= 15 is 0 Å². The van der Waals surface area contributed by atoms with Crippen molar-refractivity contribution in [2.45, 2.75) is 50.4 Å². The average Bonchev–Trinajstić information content (AvgIpc) is 3.12. The number of rotatable bonds is 10. The molecule has 2 saturated heterocycles. The molecule has 0 unspecified atom stereocenters. The van der Waals surface area contributed by atoms with Crippen LogP contribution in [0.1, 0.15) is 31.4 Å². The summed E-state index contributed by atoms with van der Waals surface area (Å²) < 4.78 is 13.1. The summed E-state index contributed by atoms with van der Waals surface area (Å²) in [7, 11) is 3.61. The normalized spacial score (nSPS) is 28.5. The van der Waals surface area contributed by atoms with E-state index in [0.29, 0.717) is 38.6 Å². The lowest BCUT2D eigenvalue weighted by Gasteiger charge is -2.23. The van der Waals surface area contributed by atoms with Crippen LogP contribution in [0.5, 0.6) is 0 Å². The number of methoxy groups -OCH3 is 1. The van der Waals surface area contributed by atoms with Gasteiger partial charge in [0.25, 0.3) is 0 Å². The molecule has 166 valence electrons. The van der Waals surface area contributed by atoms with Crippen LogP contribution in [0.25, 0.3) is 0 Å². The number of aromatic nitrogens is 2. The summed E-state index contributed by atoms with van der Waals surface area (Å²) in [5, 5.41) is 6.00. The van der Waals surface area contributed by atoms with Crippen molar-refractivity contribution in [2.24, 2.45) is 18.9 Å². The van der Waals surface area contributed by atoms with Gasteiger partial charge in [-0.05, 0) is 18.8 Å². The maximum absolute atomic E-state index is 12.5. The third-order valence-electron chi connectivity index (χ3n) is 6.52. The van der Waals surface area contributed by atoms with Crippen molar-refractivity contribution in [3.63, 3.8) is 0 Å². The first kappa shape index (κ1) is 21.3. The number of nitrogens with zero attached hydrogens (tertiary/aromatic N) is 3. The molecule has 3 heterocycles. The number of ether oxygens (including phenoxy) is 2. The molecule has 0 bridgehead atoms. The summed E-state index contributed by atoms with van der Waals surface area (Å²) in [6.07, 6.45) is 6.52. The van der Waals surface area contributed by atoms with E-state index in [4.69, 9.17) is 9.47 Å². The van der Waals surface area contributed by atoms with E-state index in [1.54, 1.807) is 7.11 Å². The van der Waals surface area contributed by atoms with Gasteiger partial charge in [-0.15, -0.1) is 0 Å². The molecule has 3 aliphatic rings. The van der Waals surface area contributed by atoms with E-state index < -0.39 is 0 Å². The zero-order valence-corrected chi connectivity index (χ0v) is 17.9. The fourth-order valence-electron chi connectivity index (χ4n) is 4.84. The maximum Gasteiger partial charge on any atom is 0.222 e. The summed E-state index contributed by atoms with van der Waals surface area (Å²) in [5.41, 5.74) is 1.14. The van der Waals surface area contributed by atoms with Gasteiger partial charge in [0, 0.05) is 64.4 Å². The minimum absolute atomic E-state index is 0.0241. The lowest BCUT2D eigenvalue weighted by molar-refractivity contribution is -0.124. The van der Waals surface area contributed by atoms with E-state index in [1.165, 1.54) is 0 Å². The Labute approximate surface area is 177 Å². The van der Waals surface area contributed by atoms with Crippen LogP contribution in [0.15, 0.2) is 12.5 Å². The van der Waals surface area contributed by atoms with Crippen LogP contribution in [0.2, 0.25) is 0 Å². The second-order valence-corrected chi connectivity index (χ2v) is 8.79. The van der Waals surface area contributed by atoms with Gasteiger partial charge in [-0.3, -0.25) is 14.5 Å². The first-order valence-electron chi connectivity index (χ1n) is 10.9. The third kappa shape index (κ3) is 5.01. The Morgan fingerprint density at radius 3 is 2.83 bits per heavy atom. The number of hydrogen-bond acceptors (Lipinski definition) is 6. The second-order valence-electron chi connectivity index (χ2n) is 8.79. The molecular weight excluding hydrogens is 386 g/mol. The van der Waals surface area contributed by atoms with Gasteiger partial charge >= 0.3 is 0 Å². The number of imidazole rings is 1. The fourth-order valence-corrected chi connectivity index (χ4v) is 4.84. The standard InChI is InChI=1S/C21H33N5O4/c1-25-13-22-9-16(25)11-26-10-14(7-20(28)24-15-3-4-15)21-17(26)12-30-18(21)8-19(27)23-5-6-29-2/h9,13-15,17-18,21H,3-8,10-12H2,1-2H3,(H,23,27)(H,24,28)/t14-,17-,18+,21-/m1/s1. The van der Waals surface area contributed by atoms with Crippen LogP contribution >= 0.6 is 0 Å². The predicted molar refractivity (Wildman–Crippen MR) is 109 cm³/mol. The molecule has 9 heteroatoms. The Bertz CT molecular complexity index is 750. The number of carbonyl (C=O) groups excluding carboxylic acids is 2. The predicted octanol–water partition coefficient (Wildman–Crippen LogP) is 0.0569. The van der Waals surface area contributed by atoms with Crippen LogP contribution in [0.4, 0.5) is 0 Å². The van der Waals surface area contributed by atoms with Gasteiger partial charge in [0.15, 0.2) is 0 Å². The second kappa shape index (κ2) is 9.45. The topological polar surface area (TPSA) is 97.7 Å². The van der Waals surface area contributed by atoms with Gasteiger partial charge in [0.05, 0.1) is 37.8 Å². The fraction of sp³-hybridized carbons (Fsp3) is 0.762. The van der Waals surface area contributed by atoms with Gasteiger partial charge in [0.2, 0.25) is 11.8 Å². The number of likely N-dealkylation sites (tertiary alicyclic amines) is 1. The third-order valence-corrected chi connectivity index (χ3v) is 6.52. The molecule has 0 spiro atoms. The van der Waals surface area contributed by atoms with Crippen LogP contribution in [0, 0.1) is 11.8 Å². The van der Waals surface area contributed by atoms with Crippen molar-refractivity contribution >= 4 is 11.8 Å². The van der Waals surface area contributed by atoms with Crippen molar-refractivity contribution in [1.82, 2.24) is 25.1 Å². The summed E-state index contributed by atoms with van der Waals surface area (Å²) in [6, 6.07) is 0.581. The SMILES string of the molecule is COCCNC(=O)C[C@@H]1OC[C@@H]2[C@H]1[C@H](CC(=O)NC1CC1)CN2Cc1cncn1C. The number of hydrogen-bond donors (Lipinski definition) is 2. The van der Waals surface area contributed by atoms with E-state index in [0.717, 1.165) is 31.6 Å². The number of fused-ring (bicyclic) bond motifs is 1. The molecule has 1 aliphatic carbocycles. The molecule has 2 amide bonds. The Balaban J connectivity index is 1.42. The zero-order valence-electron chi connectivity index (χ0n) is 17.9. The Kier molecular flexibility index (Phi) is 6.70. The number of aryl methyl sites for hydroxylation is 1. The van der Waals surface area contributed by atoms with Crippen molar-refractivity contribution in [1.29, 1.82) is 0 Å². The smallest absolute Gasteiger partial charge is 0.222 e. The highest BCUT2D eigenvalue weighted by Gasteiger charge is 2.51. The summed E-state index contributed by atoms with van der Waals surface area (Å²) in [6.45, 7) is 3.19. The van der Waals surface area contributed by atoms with Crippen LogP contribution in [-0.4, -0.2) is 77.9 Å². The van der Waals surface area contributed by atoms with Crippen LogP contribution < -0.4 is 10.6 Å². The Morgan fingerprint density at radius 1 is 1.30 bits per heavy atom. The van der Waals surface area contributed by atoms with Crippen molar-refractivity contribution in [3.05, 3.63) is 18.2 Å². The van der Waals surface area contributed by atoms with Gasteiger partial charge in [-0.2, -0.15) is 0 Å². The molecule has 2 aliphatic heterocycles. The number of amides is 2. The molecule has 2 N–H and O–H groups in total. The lowest BCUT2D eigenvalue weighted by Crippen LogP contribution is -2.36. The van der Waals surface area contributed by atoms with E-state index in [-0.39, 0.29) is 35.8 Å². The number of carbonyl (C=O) groups is 2. The monoisotopic (exact) mass is 419 g/mol. The molecule has 3 fully saturated rings. The Hall–Kier alpha value is -1.97. The van der Waals surface area contributed by atoms with E-state index in [9.17, 15) is 9.59 Å². The van der Waals surface area contributed by atoms with Gasteiger partial charge < -0.3 is 24.7 Å². The van der Waals surface area contributed by atoms with Gasteiger partial charge in [0.1, 0.15) is 0 Å². The molecule has 30 heavy (non-hydrogen) atoms. The van der Waals surface area contributed by atoms with Gasteiger partial charge in [-0.25, -0.2) is 4.98 Å². The highest BCUT2D eigenvalue weighted by atomic mass is 16.5. The van der Waals surface area contributed by atoms with Crippen molar-refractivity contribution in [3.8, 4) is 0 Å². The molecule has 1 aromatic heterocycles. The molecule has 9 nitrogen and oxygen atoms in total. The molecule has 4 atom stereocenters. The maximum atomic E-state index is 12.5.